The van der Waals surface area contributed by atoms with E-state index in [0.717, 1.165) is 4.47 Å². The lowest BCUT2D eigenvalue weighted by molar-refractivity contribution is -0.385. The Balaban J connectivity index is 2.18. The molecule has 0 saturated heterocycles. The van der Waals surface area contributed by atoms with Gasteiger partial charge in [-0.2, -0.15) is 0 Å². The van der Waals surface area contributed by atoms with Crippen LogP contribution in [0.3, 0.4) is 0 Å². The summed E-state index contributed by atoms with van der Waals surface area (Å²) < 4.78 is 5.79. The van der Waals surface area contributed by atoms with Crippen LogP contribution in [0.4, 0.5) is 11.4 Å². The molecule has 0 fully saturated rings. The summed E-state index contributed by atoms with van der Waals surface area (Å²) in [6.07, 6.45) is 0. The van der Waals surface area contributed by atoms with Crippen LogP contribution in [0.25, 0.3) is 0 Å². The maximum atomic E-state index is 11.0. The number of methoxy groups -OCH3 is 1. The minimum absolute atomic E-state index is 0.110. The molecular formula is C14H13BrN2O4. The summed E-state index contributed by atoms with van der Waals surface area (Å²) in [7, 11) is 1.38. The van der Waals surface area contributed by atoms with Crippen molar-refractivity contribution in [1.82, 2.24) is 0 Å². The molecule has 110 valence electrons. The second kappa shape index (κ2) is 6.45. The molecule has 0 aliphatic rings. The maximum absolute atomic E-state index is 11.0. The number of anilines is 1. The number of nitro groups is 1. The van der Waals surface area contributed by atoms with Crippen molar-refractivity contribution in [3.63, 3.8) is 0 Å². The van der Waals surface area contributed by atoms with Gasteiger partial charge in [-0.25, -0.2) is 0 Å². The Hall–Kier alpha value is -2.28. The topological polar surface area (TPSA) is 84.6 Å². The van der Waals surface area contributed by atoms with E-state index < -0.39 is 4.92 Å². The van der Waals surface area contributed by atoms with Crippen molar-refractivity contribution in [2.45, 2.75) is 6.54 Å². The normalized spacial score (nSPS) is 10.2. The predicted molar refractivity (Wildman–Crippen MR) is 82.8 cm³/mol. The van der Waals surface area contributed by atoms with Gasteiger partial charge in [-0.05, 0) is 30.3 Å². The fourth-order valence-electron chi connectivity index (χ4n) is 1.84. The largest absolute Gasteiger partial charge is 0.508 e. The molecule has 0 unspecified atom stereocenters. The summed E-state index contributed by atoms with van der Waals surface area (Å²) in [5.74, 6) is 0.365. The van der Waals surface area contributed by atoms with Crippen molar-refractivity contribution in [3.05, 3.63) is 56.5 Å². The Kier molecular flexibility index (Phi) is 4.64. The van der Waals surface area contributed by atoms with Gasteiger partial charge >= 0.3 is 5.69 Å². The summed E-state index contributed by atoms with van der Waals surface area (Å²) in [4.78, 5) is 10.5. The second-order valence-electron chi connectivity index (χ2n) is 4.27. The zero-order valence-electron chi connectivity index (χ0n) is 11.2. The summed E-state index contributed by atoms with van der Waals surface area (Å²) in [5, 5.41) is 23.7. The second-order valence-corrected chi connectivity index (χ2v) is 5.19. The van der Waals surface area contributed by atoms with Gasteiger partial charge in [0.2, 0.25) is 0 Å². The minimum atomic E-state index is -0.499. The van der Waals surface area contributed by atoms with Gasteiger partial charge in [0.1, 0.15) is 5.75 Å². The summed E-state index contributed by atoms with van der Waals surface area (Å²) in [6.45, 7) is 0.342. The summed E-state index contributed by atoms with van der Waals surface area (Å²) in [5.41, 5.74) is 1.14. The molecule has 0 heterocycles. The van der Waals surface area contributed by atoms with Gasteiger partial charge in [0.15, 0.2) is 5.75 Å². The van der Waals surface area contributed by atoms with E-state index in [2.05, 4.69) is 21.2 Å². The highest BCUT2D eigenvalue weighted by atomic mass is 79.9. The number of nitrogens with zero attached hydrogens (tertiary/aromatic N) is 1. The molecule has 0 spiro atoms. The average molecular weight is 353 g/mol. The standard InChI is InChI=1S/C14H13BrN2O4/c1-21-14-5-3-11(7-12(14)17(19)20)16-8-9-6-10(15)2-4-13(9)18/h2-7,16,18H,8H2,1H3. The SMILES string of the molecule is COc1ccc(NCc2cc(Br)ccc2O)cc1[N+](=O)[O-]. The van der Waals surface area contributed by atoms with E-state index in [1.54, 1.807) is 24.3 Å². The molecule has 0 bridgehead atoms. The molecule has 21 heavy (non-hydrogen) atoms. The molecule has 0 atom stereocenters. The van der Waals surface area contributed by atoms with Gasteiger partial charge in [-0.1, -0.05) is 15.9 Å². The molecule has 2 aromatic carbocycles. The third-order valence-corrected chi connectivity index (χ3v) is 3.39. The third-order valence-electron chi connectivity index (χ3n) is 2.90. The van der Waals surface area contributed by atoms with Gasteiger partial charge in [-0.3, -0.25) is 10.1 Å². The van der Waals surface area contributed by atoms with Crippen molar-refractivity contribution in [1.29, 1.82) is 0 Å². The molecule has 0 amide bonds. The molecule has 2 N–H and O–H groups in total. The molecule has 0 radical (unpaired) electrons. The van der Waals surface area contributed by atoms with E-state index in [1.807, 2.05) is 0 Å². The van der Waals surface area contributed by atoms with E-state index >= 15 is 0 Å². The number of ether oxygens (including phenoxy) is 1. The summed E-state index contributed by atoms with van der Waals surface area (Å²) in [6, 6.07) is 9.70. The lowest BCUT2D eigenvalue weighted by atomic mass is 10.2. The number of phenolic OH excluding ortho intramolecular Hbond substituents is 1. The number of nitro benzene ring substituents is 1. The first-order valence-corrected chi connectivity index (χ1v) is 6.84. The van der Waals surface area contributed by atoms with E-state index in [9.17, 15) is 15.2 Å². The van der Waals surface area contributed by atoms with E-state index in [1.165, 1.54) is 19.2 Å². The highest BCUT2D eigenvalue weighted by molar-refractivity contribution is 9.10. The molecule has 2 aromatic rings. The van der Waals surface area contributed by atoms with Crippen LogP contribution in [0.5, 0.6) is 11.5 Å². The average Bonchev–Trinajstić information content (AvgIpc) is 2.47. The number of phenols is 1. The van der Waals surface area contributed by atoms with Gasteiger partial charge in [0.25, 0.3) is 0 Å². The van der Waals surface area contributed by atoms with Crippen molar-refractivity contribution in [3.8, 4) is 11.5 Å². The van der Waals surface area contributed by atoms with Crippen molar-refractivity contribution < 1.29 is 14.8 Å². The number of aromatic hydroxyl groups is 1. The molecular weight excluding hydrogens is 340 g/mol. The fourth-order valence-corrected chi connectivity index (χ4v) is 2.24. The van der Waals surface area contributed by atoms with Crippen LogP contribution in [0.2, 0.25) is 0 Å². The molecule has 2 rings (SSSR count). The third kappa shape index (κ3) is 3.63. The van der Waals surface area contributed by atoms with E-state index in [0.29, 0.717) is 17.8 Å². The number of benzene rings is 2. The van der Waals surface area contributed by atoms with Gasteiger partial charge in [-0.15, -0.1) is 0 Å². The molecule has 6 nitrogen and oxygen atoms in total. The minimum Gasteiger partial charge on any atom is -0.508 e. The Morgan fingerprint density at radius 1 is 1.33 bits per heavy atom. The van der Waals surface area contributed by atoms with Crippen molar-refractivity contribution >= 4 is 27.3 Å². The van der Waals surface area contributed by atoms with Gasteiger partial charge in [0, 0.05) is 28.3 Å². The Labute approximate surface area is 129 Å². The lowest BCUT2D eigenvalue weighted by Crippen LogP contribution is -2.01. The molecule has 0 aliphatic carbocycles. The van der Waals surface area contributed by atoms with Crippen LogP contribution in [-0.2, 0) is 6.54 Å². The van der Waals surface area contributed by atoms with Crippen molar-refractivity contribution in [2.75, 3.05) is 12.4 Å². The number of hydrogen-bond acceptors (Lipinski definition) is 5. The van der Waals surface area contributed by atoms with Crippen LogP contribution < -0.4 is 10.1 Å². The molecule has 0 aromatic heterocycles. The maximum Gasteiger partial charge on any atom is 0.312 e. The smallest absolute Gasteiger partial charge is 0.312 e. The summed E-state index contributed by atoms with van der Waals surface area (Å²) >= 11 is 3.33. The van der Waals surface area contributed by atoms with Crippen LogP contribution >= 0.6 is 15.9 Å². The Morgan fingerprint density at radius 2 is 2.10 bits per heavy atom. The molecule has 0 saturated carbocycles. The number of halogens is 1. The quantitative estimate of drug-likeness (QED) is 0.633. The van der Waals surface area contributed by atoms with Crippen LogP contribution in [0.15, 0.2) is 40.9 Å². The molecule has 0 aliphatic heterocycles. The highest BCUT2D eigenvalue weighted by Gasteiger charge is 2.15. The monoisotopic (exact) mass is 352 g/mol. The molecule has 7 heteroatoms. The lowest BCUT2D eigenvalue weighted by Gasteiger charge is -2.09. The van der Waals surface area contributed by atoms with Crippen molar-refractivity contribution in [2.24, 2.45) is 0 Å². The van der Waals surface area contributed by atoms with Gasteiger partial charge < -0.3 is 15.2 Å². The highest BCUT2D eigenvalue weighted by Crippen LogP contribution is 2.30. The number of nitrogens with one attached hydrogen (secondary N) is 1. The van der Waals surface area contributed by atoms with Gasteiger partial charge in [0.05, 0.1) is 12.0 Å². The first-order valence-electron chi connectivity index (χ1n) is 6.05. The van der Waals surface area contributed by atoms with E-state index in [-0.39, 0.29) is 17.2 Å². The van der Waals surface area contributed by atoms with Crippen LogP contribution in [0.1, 0.15) is 5.56 Å². The fraction of sp³-hybridized carbons (Fsp3) is 0.143. The number of rotatable bonds is 5. The Bertz CT molecular complexity index is 676. The predicted octanol–water partition coefficient (Wildman–Crippen LogP) is 3.68. The van der Waals surface area contributed by atoms with Crippen LogP contribution in [0, 0.1) is 10.1 Å². The van der Waals surface area contributed by atoms with Crippen LogP contribution in [-0.4, -0.2) is 17.1 Å². The first-order chi connectivity index (χ1) is 10.0. The first kappa shape index (κ1) is 15.1. The zero-order valence-corrected chi connectivity index (χ0v) is 12.8. The Morgan fingerprint density at radius 3 is 2.76 bits per heavy atom. The van der Waals surface area contributed by atoms with E-state index in [4.69, 9.17) is 4.74 Å². The number of hydrogen-bond donors (Lipinski definition) is 2. The zero-order chi connectivity index (χ0) is 15.4.